The standard InChI is InChI=1S/C38H60O2/c1-3-5-7-9-11-13-15-17-19-25-31-39-37-33-27-21-23-29-35(33)38(36-30-24-22-28-34(36)37)40-32-26-20-18-16-14-12-10-8-6-4-2/h21-24,27,29H,3-20,25-26,28,30-32H2,1-2H3. The van der Waals surface area contributed by atoms with E-state index < -0.39 is 0 Å². The van der Waals surface area contributed by atoms with Gasteiger partial charge in [-0.05, 0) is 25.7 Å². The molecule has 1 aliphatic rings. The number of hydrogen-bond acceptors (Lipinski definition) is 2. The Kier molecular flexibility index (Phi) is 17.0. The highest BCUT2D eigenvalue weighted by atomic mass is 16.5. The van der Waals surface area contributed by atoms with Gasteiger partial charge in [-0.2, -0.15) is 0 Å². The van der Waals surface area contributed by atoms with Gasteiger partial charge in [0.15, 0.2) is 0 Å². The molecule has 0 aliphatic heterocycles. The van der Waals surface area contributed by atoms with Gasteiger partial charge in [-0.25, -0.2) is 0 Å². The second-order valence-electron chi connectivity index (χ2n) is 12.1. The number of fused-ring (bicyclic) bond motifs is 2. The molecule has 0 fully saturated rings. The SMILES string of the molecule is CCCCCCCCCCCCOc1c2c(c(OCCCCCCCCCCCC)c3ccccc13)CC=CC2. The lowest BCUT2D eigenvalue weighted by molar-refractivity contribution is 0.297. The summed E-state index contributed by atoms with van der Waals surface area (Å²) in [4.78, 5) is 0. The Morgan fingerprint density at radius 3 is 1.12 bits per heavy atom. The molecular weight excluding hydrogens is 488 g/mol. The highest BCUT2D eigenvalue weighted by molar-refractivity contribution is 5.96. The zero-order valence-electron chi connectivity index (χ0n) is 26.3. The van der Waals surface area contributed by atoms with Crippen molar-refractivity contribution in [3.63, 3.8) is 0 Å². The molecule has 0 spiro atoms. The first-order valence-corrected chi connectivity index (χ1v) is 17.3. The summed E-state index contributed by atoms with van der Waals surface area (Å²) in [6, 6.07) is 8.75. The van der Waals surface area contributed by atoms with E-state index in [-0.39, 0.29) is 0 Å². The zero-order chi connectivity index (χ0) is 28.1. The van der Waals surface area contributed by atoms with Crippen LogP contribution < -0.4 is 9.47 Å². The molecule has 0 atom stereocenters. The summed E-state index contributed by atoms with van der Waals surface area (Å²) >= 11 is 0. The molecule has 224 valence electrons. The minimum Gasteiger partial charge on any atom is -0.493 e. The monoisotopic (exact) mass is 548 g/mol. The van der Waals surface area contributed by atoms with Crippen molar-refractivity contribution in [1.82, 2.24) is 0 Å². The van der Waals surface area contributed by atoms with Crippen LogP contribution in [0, 0.1) is 0 Å². The second-order valence-corrected chi connectivity index (χ2v) is 12.1. The van der Waals surface area contributed by atoms with Crippen LogP contribution in [0.25, 0.3) is 10.8 Å². The van der Waals surface area contributed by atoms with Crippen molar-refractivity contribution in [1.29, 1.82) is 0 Å². The normalized spacial score (nSPS) is 12.7. The first-order chi connectivity index (χ1) is 19.9. The van der Waals surface area contributed by atoms with E-state index in [1.165, 1.54) is 137 Å². The van der Waals surface area contributed by atoms with Gasteiger partial charge >= 0.3 is 0 Å². The van der Waals surface area contributed by atoms with E-state index in [2.05, 4.69) is 50.3 Å². The van der Waals surface area contributed by atoms with Gasteiger partial charge in [-0.3, -0.25) is 0 Å². The fraction of sp³-hybridized carbons (Fsp3) is 0.684. The largest absolute Gasteiger partial charge is 0.493 e. The van der Waals surface area contributed by atoms with E-state index in [9.17, 15) is 0 Å². The summed E-state index contributed by atoms with van der Waals surface area (Å²) in [5.41, 5.74) is 2.71. The maximum absolute atomic E-state index is 6.57. The summed E-state index contributed by atoms with van der Waals surface area (Å²) in [5, 5.41) is 2.45. The van der Waals surface area contributed by atoms with Gasteiger partial charge in [0, 0.05) is 21.9 Å². The fourth-order valence-corrected chi connectivity index (χ4v) is 6.17. The molecule has 0 unspecified atom stereocenters. The third kappa shape index (κ3) is 11.5. The predicted molar refractivity (Wildman–Crippen MR) is 175 cm³/mol. The molecular formula is C38H60O2. The number of allylic oxidation sites excluding steroid dienone is 2. The molecule has 40 heavy (non-hydrogen) atoms. The molecule has 0 N–H and O–H groups in total. The van der Waals surface area contributed by atoms with Gasteiger partial charge in [0.25, 0.3) is 0 Å². The maximum Gasteiger partial charge on any atom is 0.131 e. The first-order valence-electron chi connectivity index (χ1n) is 17.3. The predicted octanol–water partition coefficient (Wildman–Crippen LogP) is 12.1. The van der Waals surface area contributed by atoms with Gasteiger partial charge in [0.05, 0.1) is 13.2 Å². The number of unbranched alkanes of at least 4 members (excludes halogenated alkanes) is 18. The Bertz CT molecular complexity index is 883. The summed E-state index contributed by atoms with van der Waals surface area (Å²) in [5.74, 6) is 2.22. The summed E-state index contributed by atoms with van der Waals surface area (Å²) in [7, 11) is 0. The van der Waals surface area contributed by atoms with Crippen molar-refractivity contribution >= 4 is 10.8 Å². The first kappa shape index (κ1) is 32.6. The lowest BCUT2D eigenvalue weighted by Crippen LogP contribution is -2.09. The van der Waals surface area contributed by atoms with Gasteiger partial charge in [-0.1, -0.05) is 166 Å². The van der Waals surface area contributed by atoms with Crippen molar-refractivity contribution in [2.24, 2.45) is 0 Å². The Morgan fingerprint density at radius 2 is 0.775 bits per heavy atom. The van der Waals surface area contributed by atoms with Crippen LogP contribution in [0.3, 0.4) is 0 Å². The quantitative estimate of drug-likeness (QED) is 0.0959. The molecule has 0 saturated carbocycles. The number of hydrogen-bond donors (Lipinski definition) is 0. The lowest BCUT2D eigenvalue weighted by atomic mass is 9.90. The minimum absolute atomic E-state index is 0.815. The van der Waals surface area contributed by atoms with E-state index in [0.717, 1.165) is 50.4 Å². The van der Waals surface area contributed by atoms with Crippen LogP contribution in [0.2, 0.25) is 0 Å². The molecule has 2 aromatic rings. The van der Waals surface area contributed by atoms with Crippen molar-refractivity contribution < 1.29 is 9.47 Å². The Labute approximate surface area is 247 Å². The number of ether oxygens (including phenoxy) is 2. The fourth-order valence-electron chi connectivity index (χ4n) is 6.17. The summed E-state index contributed by atoms with van der Waals surface area (Å²) in [6.45, 7) is 6.21. The average molecular weight is 549 g/mol. The molecule has 0 heterocycles. The lowest BCUT2D eigenvalue weighted by Gasteiger charge is -2.23. The van der Waals surface area contributed by atoms with E-state index in [0.29, 0.717) is 0 Å². The van der Waals surface area contributed by atoms with Crippen molar-refractivity contribution in [2.45, 2.75) is 155 Å². The molecule has 0 amide bonds. The molecule has 1 aliphatic carbocycles. The van der Waals surface area contributed by atoms with Crippen LogP contribution in [-0.2, 0) is 12.8 Å². The summed E-state index contributed by atoms with van der Waals surface area (Å²) in [6.07, 6.45) is 33.5. The smallest absolute Gasteiger partial charge is 0.131 e. The number of rotatable bonds is 24. The topological polar surface area (TPSA) is 18.5 Å². The van der Waals surface area contributed by atoms with Gasteiger partial charge in [0.2, 0.25) is 0 Å². The van der Waals surface area contributed by atoms with E-state index >= 15 is 0 Å². The zero-order valence-corrected chi connectivity index (χ0v) is 26.3. The Hall–Kier alpha value is -1.96. The van der Waals surface area contributed by atoms with Crippen molar-refractivity contribution in [2.75, 3.05) is 13.2 Å². The van der Waals surface area contributed by atoms with Gasteiger partial charge in [0.1, 0.15) is 11.5 Å². The van der Waals surface area contributed by atoms with Crippen molar-refractivity contribution in [3.05, 3.63) is 47.5 Å². The third-order valence-electron chi connectivity index (χ3n) is 8.63. The van der Waals surface area contributed by atoms with Gasteiger partial charge < -0.3 is 9.47 Å². The Morgan fingerprint density at radius 1 is 0.450 bits per heavy atom. The average Bonchev–Trinajstić information content (AvgIpc) is 2.99. The second kappa shape index (κ2) is 20.8. The molecule has 2 aromatic carbocycles. The van der Waals surface area contributed by atoms with Crippen LogP contribution in [-0.4, -0.2) is 13.2 Å². The van der Waals surface area contributed by atoms with Crippen LogP contribution in [0.4, 0.5) is 0 Å². The minimum atomic E-state index is 0.815. The van der Waals surface area contributed by atoms with E-state index in [1.807, 2.05) is 0 Å². The summed E-state index contributed by atoms with van der Waals surface area (Å²) < 4.78 is 13.1. The highest BCUT2D eigenvalue weighted by Gasteiger charge is 2.22. The van der Waals surface area contributed by atoms with Crippen LogP contribution in [0.15, 0.2) is 36.4 Å². The Balaban J connectivity index is 1.46. The maximum atomic E-state index is 6.57. The van der Waals surface area contributed by atoms with E-state index in [1.54, 1.807) is 0 Å². The van der Waals surface area contributed by atoms with Gasteiger partial charge in [-0.15, -0.1) is 0 Å². The van der Waals surface area contributed by atoms with Crippen LogP contribution in [0.1, 0.15) is 153 Å². The molecule has 0 radical (unpaired) electrons. The molecule has 2 heteroatoms. The van der Waals surface area contributed by atoms with Crippen LogP contribution in [0.5, 0.6) is 11.5 Å². The molecule has 0 bridgehead atoms. The number of benzene rings is 2. The molecule has 0 saturated heterocycles. The molecule has 0 aromatic heterocycles. The van der Waals surface area contributed by atoms with E-state index in [4.69, 9.17) is 9.47 Å². The third-order valence-corrected chi connectivity index (χ3v) is 8.63. The molecule has 3 rings (SSSR count). The molecule has 2 nitrogen and oxygen atoms in total. The van der Waals surface area contributed by atoms with Crippen molar-refractivity contribution in [3.8, 4) is 11.5 Å². The highest BCUT2D eigenvalue weighted by Crippen LogP contribution is 2.43. The van der Waals surface area contributed by atoms with Crippen LogP contribution >= 0.6 is 0 Å².